The molecule has 1 heteroatoms. The zero-order chi connectivity index (χ0) is 7.97. The van der Waals surface area contributed by atoms with E-state index in [9.17, 15) is 0 Å². The van der Waals surface area contributed by atoms with Crippen LogP contribution in [-0.2, 0) is 0 Å². The van der Waals surface area contributed by atoms with Crippen LogP contribution in [0.15, 0.2) is 42.2 Å². The van der Waals surface area contributed by atoms with Gasteiger partial charge >= 0.3 is 0 Å². The van der Waals surface area contributed by atoms with Crippen molar-refractivity contribution in [3.63, 3.8) is 0 Å². The summed E-state index contributed by atoms with van der Waals surface area (Å²) in [5.41, 5.74) is 2.63. The molecule has 1 aliphatic heterocycles. The van der Waals surface area contributed by atoms with Crippen LogP contribution in [0.5, 0.6) is 5.75 Å². The molecule has 0 fully saturated rings. The van der Waals surface area contributed by atoms with E-state index in [0.717, 1.165) is 17.9 Å². The molecule has 0 unspecified atom stereocenters. The summed E-state index contributed by atoms with van der Waals surface area (Å²) >= 11 is 0. The largest absolute Gasteiger partial charge is 0.461 e. The first-order valence-corrected chi connectivity index (χ1v) is 4.10. The molecule has 58 valence electrons. The van der Waals surface area contributed by atoms with Crippen molar-refractivity contribution in [2.45, 2.75) is 6.42 Å². The summed E-state index contributed by atoms with van der Waals surface area (Å²) in [4.78, 5) is 0. The van der Waals surface area contributed by atoms with Crippen LogP contribution in [0.3, 0.4) is 0 Å². The predicted octanol–water partition coefficient (Wildman–Crippen LogP) is 2.75. The van der Waals surface area contributed by atoms with E-state index in [0.29, 0.717) is 0 Å². The molecule has 0 atom stereocenters. The Bertz CT molecular complexity index is 399. The molecule has 1 nitrogen and oxygen atoms in total. The van der Waals surface area contributed by atoms with Gasteiger partial charge in [-0.25, -0.2) is 0 Å². The van der Waals surface area contributed by atoms with Gasteiger partial charge in [0.05, 0.1) is 0 Å². The molecular formula is C11H8O. The first-order chi connectivity index (χ1) is 5.93. The van der Waals surface area contributed by atoms with Crippen molar-refractivity contribution in [3.05, 3.63) is 47.7 Å². The van der Waals surface area contributed by atoms with Gasteiger partial charge in [0.15, 0.2) is 0 Å². The van der Waals surface area contributed by atoms with Crippen molar-refractivity contribution in [2.75, 3.05) is 0 Å². The molecule has 1 aromatic carbocycles. The highest BCUT2D eigenvalue weighted by molar-refractivity contribution is 5.78. The first kappa shape index (κ1) is 6.06. The van der Waals surface area contributed by atoms with E-state index in [1.165, 1.54) is 11.1 Å². The predicted molar refractivity (Wildman–Crippen MR) is 47.7 cm³/mol. The zero-order valence-electron chi connectivity index (χ0n) is 6.58. The third kappa shape index (κ3) is 0.681. The molecule has 0 saturated carbocycles. The Morgan fingerprint density at radius 3 is 3.00 bits per heavy atom. The van der Waals surface area contributed by atoms with Gasteiger partial charge in [-0.15, -0.1) is 0 Å². The second-order valence-corrected chi connectivity index (χ2v) is 3.10. The Balaban J connectivity index is 2.27. The average Bonchev–Trinajstić information content (AvgIpc) is 2.49. The Morgan fingerprint density at radius 1 is 1.08 bits per heavy atom. The molecule has 0 aromatic heterocycles. The molecular weight excluding hydrogens is 148 g/mol. The van der Waals surface area contributed by atoms with Crippen molar-refractivity contribution in [1.29, 1.82) is 0 Å². The maximum atomic E-state index is 5.63. The smallest absolute Gasteiger partial charge is 0.134 e. The van der Waals surface area contributed by atoms with E-state index in [-0.39, 0.29) is 0 Å². The molecule has 0 amide bonds. The van der Waals surface area contributed by atoms with E-state index in [2.05, 4.69) is 18.2 Å². The number of rotatable bonds is 0. The number of fused-ring (bicyclic) bond motifs is 4. The van der Waals surface area contributed by atoms with Crippen molar-refractivity contribution in [2.24, 2.45) is 0 Å². The number of hydrogen-bond donors (Lipinski definition) is 0. The minimum absolute atomic E-state index is 0.969. The second kappa shape index (κ2) is 2.01. The Labute approximate surface area is 71.0 Å². The lowest BCUT2D eigenvalue weighted by Gasteiger charge is -2.17. The minimum Gasteiger partial charge on any atom is -0.461 e. The molecule has 12 heavy (non-hydrogen) atoms. The lowest BCUT2D eigenvalue weighted by molar-refractivity contribution is 0.410. The van der Waals surface area contributed by atoms with Gasteiger partial charge in [-0.3, -0.25) is 0 Å². The van der Waals surface area contributed by atoms with Crippen LogP contribution in [0.2, 0.25) is 0 Å². The summed E-state index contributed by atoms with van der Waals surface area (Å²) in [6.07, 6.45) is 5.16. The molecule has 2 bridgehead atoms. The molecule has 0 N–H and O–H groups in total. The molecule has 2 aliphatic rings. The fourth-order valence-electron chi connectivity index (χ4n) is 1.72. The van der Waals surface area contributed by atoms with Crippen LogP contribution >= 0.6 is 0 Å². The van der Waals surface area contributed by atoms with Gasteiger partial charge in [0.25, 0.3) is 0 Å². The van der Waals surface area contributed by atoms with Crippen LogP contribution in [-0.4, -0.2) is 0 Å². The van der Waals surface area contributed by atoms with E-state index in [1.807, 2.05) is 18.2 Å². The van der Waals surface area contributed by atoms with Gasteiger partial charge in [-0.2, -0.15) is 0 Å². The van der Waals surface area contributed by atoms with E-state index in [1.54, 1.807) is 0 Å². The molecule has 0 radical (unpaired) electrons. The van der Waals surface area contributed by atoms with Crippen LogP contribution in [0.4, 0.5) is 0 Å². The van der Waals surface area contributed by atoms with Crippen molar-refractivity contribution in [1.82, 2.24) is 0 Å². The van der Waals surface area contributed by atoms with Crippen molar-refractivity contribution in [3.8, 4) is 5.75 Å². The summed E-state index contributed by atoms with van der Waals surface area (Å²) in [6.45, 7) is 0. The van der Waals surface area contributed by atoms with Gasteiger partial charge in [0.1, 0.15) is 11.5 Å². The maximum absolute atomic E-state index is 5.63. The van der Waals surface area contributed by atoms with Crippen LogP contribution < -0.4 is 4.74 Å². The molecule has 1 heterocycles. The van der Waals surface area contributed by atoms with Crippen molar-refractivity contribution >= 4 is 5.57 Å². The van der Waals surface area contributed by atoms with Crippen LogP contribution in [0.1, 0.15) is 12.0 Å². The summed E-state index contributed by atoms with van der Waals surface area (Å²) in [5.74, 6) is 2.07. The highest BCUT2D eigenvalue weighted by Gasteiger charge is 2.21. The molecule has 0 spiro atoms. The second-order valence-electron chi connectivity index (χ2n) is 3.10. The minimum atomic E-state index is 0.969. The Morgan fingerprint density at radius 2 is 2.00 bits per heavy atom. The van der Waals surface area contributed by atoms with Gasteiger partial charge < -0.3 is 4.74 Å². The molecule has 0 saturated heterocycles. The van der Waals surface area contributed by atoms with E-state index < -0.39 is 0 Å². The average molecular weight is 156 g/mol. The first-order valence-electron chi connectivity index (χ1n) is 4.10. The number of ether oxygens (including phenoxy) is 1. The Hall–Kier alpha value is -1.50. The fourth-order valence-corrected chi connectivity index (χ4v) is 1.72. The molecule has 1 aromatic rings. The normalized spacial score (nSPS) is 17.7. The third-order valence-corrected chi connectivity index (χ3v) is 2.31. The standard InChI is InChI=1S/C11H8O/c1-2-4-11-10(3-1)8-5-6-9(7-8)12-11/h1-6H,7H2. The number of allylic oxidation sites excluding steroid dienone is 3. The highest BCUT2D eigenvalue weighted by atomic mass is 16.5. The third-order valence-electron chi connectivity index (χ3n) is 2.31. The number of para-hydroxylation sites is 1. The lowest BCUT2D eigenvalue weighted by Crippen LogP contribution is -2.01. The van der Waals surface area contributed by atoms with Gasteiger partial charge in [-0.1, -0.05) is 24.3 Å². The van der Waals surface area contributed by atoms with Crippen LogP contribution in [0.25, 0.3) is 5.57 Å². The summed E-state index contributed by atoms with van der Waals surface area (Å²) in [7, 11) is 0. The fraction of sp³-hybridized carbons (Fsp3) is 0.0909. The van der Waals surface area contributed by atoms with E-state index >= 15 is 0 Å². The monoisotopic (exact) mass is 156 g/mol. The molecule has 3 rings (SSSR count). The van der Waals surface area contributed by atoms with Gasteiger partial charge in [0, 0.05) is 12.0 Å². The topological polar surface area (TPSA) is 9.23 Å². The van der Waals surface area contributed by atoms with E-state index in [4.69, 9.17) is 4.74 Å². The van der Waals surface area contributed by atoms with Gasteiger partial charge in [0.2, 0.25) is 0 Å². The number of hydrogen-bond acceptors (Lipinski definition) is 1. The van der Waals surface area contributed by atoms with Crippen LogP contribution in [0, 0.1) is 0 Å². The summed E-state index contributed by atoms with van der Waals surface area (Å²) < 4.78 is 5.63. The van der Waals surface area contributed by atoms with Crippen molar-refractivity contribution < 1.29 is 4.74 Å². The quantitative estimate of drug-likeness (QED) is 0.561. The lowest BCUT2D eigenvalue weighted by atomic mass is 10.0. The van der Waals surface area contributed by atoms with Gasteiger partial charge in [-0.05, 0) is 17.7 Å². The zero-order valence-corrected chi connectivity index (χ0v) is 6.58. The number of benzene rings is 1. The highest BCUT2D eigenvalue weighted by Crippen LogP contribution is 2.40. The summed E-state index contributed by atoms with van der Waals surface area (Å²) in [5, 5.41) is 0. The summed E-state index contributed by atoms with van der Waals surface area (Å²) in [6, 6.07) is 8.18. The molecule has 1 aliphatic carbocycles. The Kier molecular flexibility index (Phi) is 1.01. The SMILES string of the molecule is C1=C2CC(=C1)c1ccccc1O2. The maximum Gasteiger partial charge on any atom is 0.134 e.